The molecule has 2 rings (SSSR count). The Morgan fingerprint density at radius 1 is 1.25 bits per heavy atom. The van der Waals surface area contributed by atoms with Gasteiger partial charge in [0.05, 0.1) is 19.9 Å². The van der Waals surface area contributed by atoms with Gasteiger partial charge in [-0.2, -0.15) is 0 Å². The molecule has 0 aliphatic heterocycles. The van der Waals surface area contributed by atoms with Crippen LogP contribution in [0.5, 0.6) is 11.5 Å². The smallest absolute Gasteiger partial charge is 0.183 e. The van der Waals surface area contributed by atoms with E-state index in [-0.39, 0.29) is 0 Å². The number of nitrogens with zero attached hydrogens (tertiary/aromatic N) is 1. The maximum absolute atomic E-state index is 5.43. The molecule has 1 heterocycles. The molecule has 0 aromatic carbocycles. The molecule has 0 radical (unpaired) electrons. The lowest BCUT2D eigenvalue weighted by Gasteiger charge is -2.31. The molecule has 0 spiro atoms. The molecule has 1 fully saturated rings. The minimum Gasteiger partial charge on any atom is -0.493 e. The first kappa shape index (κ1) is 15.1. The van der Waals surface area contributed by atoms with Gasteiger partial charge in [0.25, 0.3) is 0 Å². The average molecular weight is 278 g/mol. The summed E-state index contributed by atoms with van der Waals surface area (Å²) in [5.74, 6) is 2.28. The van der Waals surface area contributed by atoms with Crippen molar-refractivity contribution < 1.29 is 9.47 Å². The van der Waals surface area contributed by atoms with Gasteiger partial charge in [0, 0.05) is 24.8 Å². The molecule has 0 saturated heterocycles. The highest BCUT2D eigenvalue weighted by Crippen LogP contribution is 2.30. The maximum atomic E-state index is 5.43. The highest BCUT2D eigenvalue weighted by atomic mass is 16.5. The third kappa shape index (κ3) is 3.42. The van der Waals surface area contributed by atoms with E-state index in [1.165, 1.54) is 32.1 Å². The molecule has 1 aromatic rings. The van der Waals surface area contributed by atoms with Crippen molar-refractivity contribution in [3.63, 3.8) is 0 Å². The van der Waals surface area contributed by atoms with E-state index in [2.05, 4.69) is 17.2 Å². The molecular weight excluding hydrogens is 252 g/mol. The number of hydrogen-bond donors (Lipinski definition) is 1. The van der Waals surface area contributed by atoms with E-state index in [9.17, 15) is 0 Å². The molecule has 2 unspecified atom stereocenters. The van der Waals surface area contributed by atoms with Crippen molar-refractivity contribution in [3.8, 4) is 11.5 Å². The molecule has 4 heteroatoms. The number of hydrogen-bond acceptors (Lipinski definition) is 4. The van der Waals surface area contributed by atoms with E-state index in [1.54, 1.807) is 20.4 Å². The fourth-order valence-electron chi connectivity index (χ4n) is 3.17. The van der Waals surface area contributed by atoms with Crippen LogP contribution in [0, 0.1) is 5.92 Å². The third-order valence-corrected chi connectivity index (χ3v) is 4.33. The van der Waals surface area contributed by atoms with Crippen LogP contribution < -0.4 is 14.8 Å². The van der Waals surface area contributed by atoms with Crippen LogP contribution in [-0.4, -0.2) is 25.2 Å². The first-order valence-electron chi connectivity index (χ1n) is 7.59. The largest absolute Gasteiger partial charge is 0.493 e. The Balaban J connectivity index is 2.03. The maximum Gasteiger partial charge on any atom is 0.183 e. The zero-order valence-corrected chi connectivity index (χ0v) is 12.8. The summed E-state index contributed by atoms with van der Waals surface area (Å²) in [6, 6.07) is 2.43. The predicted octanol–water partition coefficient (Wildman–Crippen LogP) is 3.16. The van der Waals surface area contributed by atoms with Gasteiger partial charge in [-0.05, 0) is 18.8 Å². The number of ether oxygens (including phenoxy) is 2. The Morgan fingerprint density at radius 3 is 2.75 bits per heavy atom. The van der Waals surface area contributed by atoms with Crippen molar-refractivity contribution in [1.29, 1.82) is 0 Å². The van der Waals surface area contributed by atoms with Crippen LogP contribution in [0.15, 0.2) is 12.3 Å². The fourth-order valence-corrected chi connectivity index (χ4v) is 3.17. The summed E-state index contributed by atoms with van der Waals surface area (Å²) in [6.07, 6.45) is 8.34. The van der Waals surface area contributed by atoms with Gasteiger partial charge in [-0.3, -0.25) is 4.98 Å². The molecular formula is C16H26N2O2. The Morgan fingerprint density at radius 2 is 2.05 bits per heavy atom. The standard InChI is InChI=1S/C16H26N2O2/c1-4-12-7-5-6-8-13(12)18-11-14-16(20-3)15(19-2)9-10-17-14/h9-10,12-13,18H,4-8,11H2,1-3H3. The highest BCUT2D eigenvalue weighted by molar-refractivity contribution is 5.42. The summed E-state index contributed by atoms with van der Waals surface area (Å²) >= 11 is 0. The second-order valence-corrected chi connectivity index (χ2v) is 5.43. The molecule has 1 N–H and O–H groups in total. The van der Waals surface area contributed by atoms with Gasteiger partial charge >= 0.3 is 0 Å². The molecule has 4 nitrogen and oxygen atoms in total. The summed E-state index contributed by atoms with van der Waals surface area (Å²) in [6.45, 7) is 3.02. The monoisotopic (exact) mass is 278 g/mol. The summed E-state index contributed by atoms with van der Waals surface area (Å²) in [4.78, 5) is 4.43. The normalized spacial score (nSPS) is 22.6. The summed E-state index contributed by atoms with van der Waals surface area (Å²) in [7, 11) is 3.32. The zero-order valence-electron chi connectivity index (χ0n) is 12.8. The van der Waals surface area contributed by atoms with Gasteiger partial charge < -0.3 is 14.8 Å². The number of rotatable bonds is 6. The molecule has 20 heavy (non-hydrogen) atoms. The van der Waals surface area contributed by atoms with Crippen molar-refractivity contribution in [2.45, 2.75) is 51.6 Å². The van der Waals surface area contributed by atoms with Gasteiger partial charge in [-0.1, -0.05) is 26.2 Å². The van der Waals surface area contributed by atoms with Gasteiger partial charge in [-0.25, -0.2) is 0 Å². The quantitative estimate of drug-likeness (QED) is 0.868. The minimum atomic E-state index is 0.603. The highest BCUT2D eigenvalue weighted by Gasteiger charge is 2.23. The average Bonchev–Trinajstić information content (AvgIpc) is 2.52. The first-order valence-corrected chi connectivity index (χ1v) is 7.59. The van der Waals surface area contributed by atoms with Crippen molar-refractivity contribution in [3.05, 3.63) is 18.0 Å². The Bertz CT molecular complexity index is 423. The van der Waals surface area contributed by atoms with Crippen LogP contribution in [0.4, 0.5) is 0 Å². The van der Waals surface area contributed by atoms with Crippen LogP contribution >= 0.6 is 0 Å². The Kier molecular flexibility index (Phi) is 5.65. The van der Waals surface area contributed by atoms with Gasteiger partial charge in [-0.15, -0.1) is 0 Å². The van der Waals surface area contributed by atoms with E-state index in [0.29, 0.717) is 6.04 Å². The third-order valence-electron chi connectivity index (χ3n) is 4.33. The van der Waals surface area contributed by atoms with Crippen molar-refractivity contribution in [2.75, 3.05) is 14.2 Å². The van der Waals surface area contributed by atoms with E-state index in [4.69, 9.17) is 9.47 Å². The van der Waals surface area contributed by atoms with Gasteiger partial charge in [0.1, 0.15) is 0 Å². The Labute approximate surface area is 121 Å². The second-order valence-electron chi connectivity index (χ2n) is 5.43. The lowest BCUT2D eigenvalue weighted by Crippen LogP contribution is -2.38. The lowest BCUT2D eigenvalue weighted by atomic mass is 9.83. The summed E-state index contributed by atoms with van der Waals surface area (Å²) in [5, 5.41) is 3.67. The van der Waals surface area contributed by atoms with Gasteiger partial charge in [0.15, 0.2) is 11.5 Å². The molecule has 1 aromatic heterocycles. The number of aromatic nitrogens is 1. The predicted molar refractivity (Wildman–Crippen MR) is 80.2 cm³/mol. The second kappa shape index (κ2) is 7.48. The van der Waals surface area contributed by atoms with Crippen LogP contribution in [-0.2, 0) is 6.54 Å². The summed E-state index contributed by atoms with van der Waals surface area (Å²) < 4.78 is 10.8. The van der Waals surface area contributed by atoms with Crippen molar-refractivity contribution >= 4 is 0 Å². The van der Waals surface area contributed by atoms with Crippen LogP contribution in [0.25, 0.3) is 0 Å². The van der Waals surface area contributed by atoms with E-state index in [1.807, 2.05) is 6.07 Å². The molecule has 1 aliphatic carbocycles. The first-order chi connectivity index (χ1) is 9.80. The molecule has 1 saturated carbocycles. The molecule has 0 bridgehead atoms. The van der Waals surface area contributed by atoms with Crippen molar-refractivity contribution in [1.82, 2.24) is 10.3 Å². The molecule has 1 aliphatic rings. The molecule has 112 valence electrons. The number of pyridine rings is 1. The molecule has 2 atom stereocenters. The van der Waals surface area contributed by atoms with E-state index in [0.717, 1.165) is 29.7 Å². The van der Waals surface area contributed by atoms with E-state index < -0.39 is 0 Å². The summed E-state index contributed by atoms with van der Waals surface area (Å²) in [5.41, 5.74) is 0.923. The topological polar surface area (TPSA) is 43.4 Å². The van der Waals surface area contributed by atoms with E-state index >= 15 is 0 Å². The fraction of sp³-hybridized carbons (Fsp3) is 0.688. The Hall–Kier alpha value is -1.29. The SMILES string of the molecule is CCC1CCCCC1NCc1nccc(OC)c1OC. The molecule has 0 amide bonds. The van der Waals surface area contributed by atoms with Crippen LogP contribution in [0.3, 0.4) is 0 Å². The van der Waals surface area contributed by atoms with Crippen molar-refractivity contribution in [2.24, 2.45) is 5.92 Å². The van der Waals surface area contributed by atoms with Gasteiger partial charge in [0.2, 0.25) is 0 Å². The number of methoxy groups -OCH3 is 2. The number of nitrogens with one attached hydrogen (secondary N) is 1. The van der Waals surface area contributed by atoms with Crippen LogP contribution in [0.1, 0.15) is 44.7 Å². The zero-order chi connectivity index (χ0) is 14.4. The lowest BCUT2D eigenvalue weighted by molar-refractivity contribution is 0.252. The minimum absolute atomic E-state index is 0.603. The van der Waals surface area contributed by atoms with Crippen LogP contribution in [0.2, 0.25) is 0 Å².